The third-order valence-corrected chi connectivity index (χ3v) is 4.05. The molecule has 3 N–H and O–H groups in total. The molecule has 0 unspecified atom stereocenters. The number of halogens is 1. The minimum absolute atomic E-state index is 0.0170. The second kappa shape index (κ2) is 5.38. The fourth-order valence-electron chi connectivity index (χ4n) is 1.57. The van der Waals surface area contributed by atoms with E-state index in [-0.39, 0.29) is 11.4 Å². The van der Waals surface area contributed by atoms with E-state index in [1.165, 1.54) is 12.1 Å². The average Bonchev–Trinajstić information content (AvgIpc) is 2.38. The van der Waals surface area contributed by atoms with Crippen molar-refractivity contribution in [3.8, 4) is 0 Å². The molecule has 0 fully saturated rings. The minimum Gasteiger partial charge on any atom is -0.398 e. The quantitative estimate of drug-likeness (QED) is 0.840. The Morgan fingerprint density at radius 2 is 1.68 bits per heavy atom. The third-order valence-electron chi connectivity index (χ3n) is 2.63. The van der Waals surface area contributed by atoms with Crippen molar-refractivity contribution in [1.29, 1.82) is 0 Å². The van der Waals surface area contributed by atoms with Gasteiger partial charge in [0.05, 0.1) is 4.90 Å². The third kappa shape index (κ3) is 3.30. The van der Waals surface area contributed by atoms with E-state index in [9.17, 15) is 12.8 Å². The molecule has 0 saturated heterocycles. The Morgan fingerprint density at radius 3 is 2.32 bits per heavy atom. The fraction of sp³-hybridized carbons (Fsp3) is 0.0769. The number of rotatable bonds is 4. The van der Waals surface area contributed by atoms with Gasteiger partial charge in [-0.05, 0) is 35.9 Å². The van der Waals surface area contributed by atoms with Crippen LogP contribution in [0.1, 0.15) is 5.56 Å². The highest BCUT2D eigenvalue weighted by Crippen LogP contribution is 2.13. The maximum atomic E-state index is 12.7. The second-order valence-electron chi connectivity index (χ2n) is 3.98. The van der Waals surface area contributed by atoms with Gasteiger partial charge in [-0.1, -0.05) is 18.2 Å². The summed E-state index contributed by atoms with van der Waals surface area (Å²) < 4.78 is 39.1. The van der Waals surface area contributed by atoms with E-state index in [2.05, 4.69) is 4.72 Å². The van der Waals surface area contributed by atoms with E-state index in [1.807, 2.05) is 0 Å². The number of benzene rings is 2. The van der Waals surface area contributed by atoms with Crippen LogP contribution in [0, 0.1) is 5.82 Å². The van der Waals surface area contributed by atoms with Crippen LogP contribution >= 0.6 is 0 Å². The highest BCUT2D eigenvalue weighted by molar-refractivity contribution is 7.89. The lowest BCUT2D eigenvalue weighted by Crippen LogP contribution is -2.23. The van der Waals surface area contributed by atoms with Gasteiger partial charge in [0.1, 0.15) is 5.82 Å². The van der Waals surface area contributed by atoms with E-state index < -0.39 is 15.8 Å². The van der Waals surface area contributed by atoms with Gasteiger partial charge >= 0.3 is 0 Å². The van der Waals surface area contributed by atoms with Gasteiger partial charge in [-0.15, -0.1) is 0 Å². The Morgan fingerprint density at radius 1 is 1.05 bits per heavy atom. The van der Waals surface area contributed by atoms with Gasteiger partial charge in [0.2, 0.25) is 10.0 Å². The lowest BCUT2D eigenvalue weighted by molar-refractivity contribution is 0.580. The van der Waals surface area contributed by atoms with Crippen LogP contribution in [0.25, 0.3) is 0 Å². The molecule has 0 spiro atoms. The van der Waals surface area contributed by atoms with Crippen LogP contribution in [0.15, 0.2) is 53.4 Å². The highest BCUT2D eigenvalue weighted by atomic mass is 32.2. The lowest BCUT2D eigenvalue weighted by atomic mass is 10.2. The van der Waals surface area contributed by atoms with Crippen LogP contribution in [0.3, 0.4) is 0 Å². The number of hydrogen-bond donors (Lipinski definition) is 2. The number of hydrogen-bond acceptors (Lipinski definition) is 3. The number of sulfonamides is 1. The molecular weight excluding hydrogens is 267 g/mol. The van der Waals surface area contributed by atoms with Crippen molar-refractivity contribution in [1.82, 2.24) is 4.72 Å². The van der Waals surface area contributed by atoms with E-state index in [4.69, 9.17) is 5.73 Å². The lowest BCUT2D eigenvalue weighted by Gasteiger charge is -2.08. The number of nitrogen functional groups attached to an aromatic ring is 1. The molecule has 6 heteroatoms. The summed E-state index contributed by atoms with van der Waals surface area (Å²) >= 11 is 0. The van der Waals surface area contributed by atoms with E-state index in [1.54, 1.807) is 24.3 Å². The first kappa shape index (κ1) is 13.5. The zero-order valence-electron chi connectivity index (χ0n) is 10.0. The molecule has 2 rings (SSSR count). The summed E-state index contributed by atoms with van der Waals surface area (Å²) in [6, 6.07) is 11.6. The van der Waals surface area contributed by atoms with Crippen LogP contribution in [-0.2, 0) is 16.6 Å². The average molecular weight is 280 g/mol. The topological polar surface area (TPSA) is 72.2 Å². The van der Waals surface area contributed by atoms with Crippen molar-refractivity contribution in [2.24, 2.45) is 0 Å². The highest BCUT2D eigenvalue weighted by Gasteiger charge is 2.13. The summed E-state index contributed by atoms with van der Waals surface area (Å²) in [5, 5.41) is 0. The molecule has 19 heavy (non-hydrogen) atoms. The summed E-state index contributed by atoms with van der Waals surface area (Å²) in [4.78, 5) is 0.0170. The summed E-state index contributed by atoms with van der Waals surface area (Å²) in [6.45, 7) is 0.0897. The zero-order chi connectivity index (χ0) is 13.9. The molecule has 0 aliphatic heterocycles. The van der Waals surface area contributed by atoms with Gasteiger partial charge < -0.3 is 5.73 Å². The molecule has 0 aliphatic carbocycles. The Hall–Kier alpha value is -1.92. The van der Waals surface area contributed by atoms with Crippen LogP contribution in [0.5, 0.6) is 0 Å². The van der Waals surface area contributed by atoms with Crippen LogP contribution < -0.4 is 10.5 Å². The largest absolute Gasteiger partial charge is 0.398 e. The number of anilines is 1. The van der Waals surface area contributed by atoms with Gasteiger partial charge in [0.25, 0.3) is 0 Å². The molecule has 0 amide bonds. The molecule has 2 aromatic carbocycles. The smallest absolute Gasteiger partial charge is 0.240 e. The summed E-state index contributed by atoms with van der Waals surface area (Å²) in [7, 11) is -3.66. The summed E-state index contributed by atoms with van der Waals surface area (Å²) in [5.74, 6) is -0.480. The van der Waals surface area contributed by atoms with Crippen molar-refractivity contribution in [2.75, 3.05) is 5.73 Å². The molecule has 0 radical (unpaired) electrons. The van der Waals surface area contributed by atoms with E-state index in [0.717, 1.165) is 12.1 Å². The Bertz CT molecular complexity index is 669. The van der Waals surface area contributed by atoms with Crippen LogP contribution in [0.2, 0.25) is 0 Å². The molecule has 0 heterocycles. The molecule has 100 valence electrons. The molecule has 0 aliphatic rings. The van der Waals surface area contributed by atoms with Crippen LogP contribution in [0.4, 0.5) is 10.1 Å². The Labute approximate surface area is 111 Å². The molecular formula is C13H13FN2O2S. The fourth-order valence-corrected chi connectivity index (χ4v) is 2.57. The molecule has 2 aromatic rings. The van der Waals surface area contributed by atoms with Gasteiger partial charge in [-0.3, -0.25) is 0 Å². The molecule has 0 saturated carbocycles. The van der Waals surface area contributed by atoms with Crippen molar-refractivity contribution in [2.45, 2.75) is 11.4 Å². The normalized spacial score (nSPS) is 11.4. The molecule has 0 atom stereocenters. The molecule has 0 aromatic heterocycles. The maximum absolute atomic E-state index is 12.7. The van der Waals surface area contributed by atoms with Crippen molar-refractivity contribution in [3.63, 3.8) is 0 Å². The molecule has 0 bridgehead atoms. The van der Waals surface area contributed by atoms with E-state index >= 15 is 0 Å². The van der Waals surface area contributed by atoms with Crippen LogP contribution in [-0.4, -0.2) is 8.42 Å². The predicted octanol–water partition coefficient (Wildman–Crippen LogP) is 1.89. The monoisotopic (exact) mass is 280 g/mol. The van der Waals surface area contributed by atoms with Crippen molar-refractivity contribution < 1.29 is 12.8 Å². The van der Waals surface area contributed by atoms with Gasteiger partial charge in [-0.2, -0.15) is 0 Å². The SMILES string of the molecule is Nc1ccccc1CNS(=O)(=O)c1ccc(F)cc1. The van der Waals surface area contributed by atoms with E-state index in [0.29, 0.717) is 11.3 Å². The predicted molar refractivity (Wildman–Crippen MR) is 71.3 cm³/mol. The Kier molecular flexibility index (Phi) is 3.82. The van der Waals surface area contributed by atoms with Gasteiger partial charge in [-0.25, -0.2) is 17.5 Å². The maximum Gasteiger partial charge on any atom is 0.240 e. The summed E-state index contributed by atoms with van der Waals surface area (Å²) in [6.07, 6.45) is 0. The minimum atomic E-state index is -3.66. The number of para-hydroxylation sites is 1. The zero-order valence-corrected chi connectivity index (χ0v) is 10.8. The van der Waals surface area contributed by atoms with Gasteiger partial charge in [0, 0.05) is 12.2 Å². The first-order valence-corrected chi connectivity index (χ1v) is 7.06. The number of nitrogens with two attached hydrogens (primary N) is 1. The standard InChI is InChI=1S/C13H13FN2O2S/c14-11-5-7-12(8-6-11)19(17,18)16-9-10-3-1-2-4-13(10)15/h1-8,16H,9,15H2. The van der Waals surface area contributed by atoms with Crippen molar-refractivity contribution >= 4 is 15.7 Å². The second-order valence-corrected chi connectivity index (χ2v) is 5.74. The van der Waals surface area contributed by atoms with Crippen molar-refractivity contribution in [3.05, 3.63) is 59.9 Å². The first-order chi connectivity index (χ1) is 8.99. The molecule has 4 nitrogen and oxygen atoms in total. The summed E-state index contributed by atoms with van der Waals surface area (Å²) in [5.41, 5.74) is 6.93. The Balaban J connectivity index is 2.14. The number of nitrogens with one attached hydrogen (secondary N) is 1. The first-order valence-electron chi connectivity index (χ1n) is 5.58. The van der Waals surface area contributed by atoms with Gasteiger partial charge in [0.15, 0.2) is 0 Å².